The summed E-state index contributed by atoms with van der Waals surface area (Å²) in [7, 11) is 4.05. The van der Waals surface area contributed by atoms with Crippen LogP contribution in [0.5, 0.6) is 0 Å². The minimum Gasteiger partial charge on any atom is -0.377 e. The maximum Gasteiger partial charge on any atom is 0.246 e. The first kappa shape index (κ1) is 17.5. The van der Waals surface area contributed by atoms with E-state index in [2.05, 4.69) is 28.1 Å². The van der Waals surface area contributed by atoms with E-state index in [4.69, 9.17) is 0 Å². The Bertz CT molecular complexity index is 721. The quantitative estimate of drug-likeness (QED) is 0.900. The van der Waals surface area contributed by atoms with Gasteiger partial charge in [0.25, 0.3) is 0 Å². The van der Waals surface area contributed by atoms with Gasteiger partial charge in [-0.1, -0.05) is 30.3 Å². The molecule has 1 aliphatic heterocycles. The standard InChI is InChI=1S/C21H27N3O/c1-16-15-18(11-12-19(16)23(2)3)22-21(25)20(24-13-7-8-14-24)17-9-5-4-6-10-17/h4-6,9-12,15,20H,7-8,13-14H2,1-3H3,(H,22,25). The number of carbonyl (C=O) groups excluding carboxylic acids is 1. The van der Waals surface area contributed by atoms with Crippen molar-refractivity contribution in [2.75, 3.05) is 37.4 Å². The lowest BCUT2D eigenvalue weighted by atomic mass is 10.0. The molecular weight excluding hydrogens is 310 g/mol. The van der Waals surface area contributed by atoms with Gasteiger partial charge in [-0.05, 0) is 62.2 Å². The minimum atomic E-state index is -0.225. The lowest BCUT2D eigenvalue weighted by Crippen LogP contribution is -2.35. The van der Waals surface area contributed by atoms with Gasteiger partial charge in [0, 0.05) is 25.5 Å². The van der Waals surface area contributed by atoms with Crippen molar-refractivity contribution in [2.24, 2.45) is 0 Å². The monoisotopic (exact) mass is 337 g/mol. The molecule has 0 aromatic heterocycles. The van der Waals surface area contributed by atoms with Crippen molar-refractivity contribution in [3.05, 3.63) is 59.7 Å². The molecule has 1 atom stereocenters. The summed E-state index contributed by atoms with van der Waals surface area (Å²) in [5, 5.41) is 3.13. The molecule has 1 saturated heterocycles. The van der Waals surface area contributed by atoms with Crippen molar-refractivity contribution < 1.29 is 4.79 Å². The van der Waals surface area contributed by atoms with E-state index in [-0.39, 0.29) is 11.9 Å². The maximum atomic E-state index is 13.1. The molecule has 1 N–H and O–H groups in total. The lowest BCUT2D eigenvalue weighted by molar-refractivity contribution is -0.121. The predicted molar refractivity (Wildman–Crippen MR) is 104 cm³/mol. The Labute approximate surface area is 150 Å². The highest BCUT2D eigenvalue weighted by Crippen LogP contribution is 2.28. The SMILES string of the molecule is Cc1cc(NC(=O)C(c2ccccc2)N2CCCC2)ccc1N(C)C. The third kappa shape index (κ3) is 4.02. The fourth-order valence-corrected chi connectivity index (χ4v) is 3.61. The molecule has 3 rings (SSSR count). The van der Waals surface area contributed by atoms with Crippen LogP contribution < -0.4 is 10.2 Å². The molecular formula is C21H27N3O. The highest BCUT2D eigenvalue weighted by Gasteiger charge is 2.29. The number of aryl methyl sites for hydroxylation is 1. The van der Waals surface area contributed by atoms with E-state index in [1.54, 1.807) is 0 Å². The van der Waals surface area contributed by atoms with E-state index in [1.807, 2.05) is 56.6 Å². The highest BCUT2D eigenvalue weighted by molar-refractivity contribution is 5.95. The van der Waals surface area contributed by atoms with Crippen molar-refractivity contribution in [1.82, 2.24) is 4.90 Å². The van der Waals surface area contributed by atoms with Gasteiger partial charge >= 0.3 is 0 Å². The van der Waals surface area contributed by atoms with Gasteiger partial charge in [0.15, 0.2) is 0 Å². The number of rotatable bonds is 5. The Hall–Kier alpha value is -2.33. The lowest BCUT2D eigenvalue weighted by Gasteiger charge is -2.27. The largest absolute Gasteiger partial charge is 0.377 e. The molecule has 1 amide bonds. The van der Waals surface area contributed by atoms with Crippen LogP contribution in [0.25, 0.3) is 0 Å². The molecule has 0 saturated carbocycles. The summed E-state index contributed by atoms with van der Waals surface area (Å²) in [5.74, 6) is 0.0464. The van der Waals surface area contributed by atoms with E-state index in [9.17, 15) is 4.79 Å². The Morgan fingerprint density at radius 3 is 2.36 bits per heavy atom. The second kappa shape index (κ2) is 7.70. The molecule has 4 nitrogen and oxygen atoms in total. The van der Waals surface area contributed by atoms with Crippen molar-refractivity contribution in [3.63, 3.8) is 0 Å². The van der Waals surface area contributed by atoms with Crippen LogP contribution in [0.2, 0.25) is 0 Å². The van der Waals surface area contributed by atoms with Gasteiger partial charge in [0.05, 0.1) is 0 Å². The number of nitrogens with one attached hydrogen (secondary N) is 1. The molecule has 1 aliphatic rings. The van der Waals surface area contributed by atoms with Gasteiger partial charge in [-0.3, -0.25) is 9.69 Å². The summed E-state index contributed by atoms with van der Waals surface area (Å²) >= 11 is 0. The zero-order chi connectivity index (χ0) is 17.8. The van der Waals surface area contributed by atoms with Crippen LogP contribution in [0.1, 0.15) is 30.0 Å². The molecule has 0 aliphatic carbocycles. The predicted octanol–water partition coefficient (Wildman–Crippen LogP) is 3.84. The van der Waals surface area contributed by atoms with Gasteiger partial charge in [-0.2, -0.15) is 0 Å². The third-order valence-electron chi connectivity index (χ3n) is 4.82. The maximum absolute atomic E-state index is 13.1. The van der Waals surface area contributed by atoms with Gasteiger partial charge < -0.3 is 10.2 Å². The fraction of sp³-hybridized carbons (Fsp3) is 0.381. The van der Waals surface area contributed by atoms with E-state index in [0.29, 0.717) is 0 Å². The van der Waals surface area contributed by atoms with Crippen LogP contribution in [0.15, 0.2) is 48.5 Å². The first-order valence-corrected chi connectivity index (χ1v) is 8.94. The average Bonchev–Trinajstić information content (AvgIpc) is 3.10. The number of anilines is 2. The number of nitrogens with zero attached hydrogens (tertiary/aromatic N) is 2. The molecule has 25 heavy (non-hydrogen) atoms. The zero-order valence-electron chi connectivity index (χ0n) is 15.3. The molecule has 4 heteroatoms. The van der Waals surface area contributed by atoms with E-state index in [1.165, 1.54) is 0 Å². The second-order valence-corrected chi connectivity index (χ2v) is 6.94. The fourth-order valence-electron chi connectivity index (χ4n) is 3.61. The third-order valence-corrected chi connectivity index (χ3v) is 4.82. The Morgan fingerprint density at radius 2 is 1.76 bits per heavy atom. The number of hydrogen-bond donors (Lipinski definition) is 1. The van der Waals surface area contributed by atoms with Crippen LogP contribution >= 0.6 is 0 Å². The first-order valence-electron chi connectivity index (χ1n) is 8.94. The molecule has 0 bridgehead atoms. The van der Waals surface area contributed by atoms with Crippen LogP contribution in [0, 0.1) is 6.92 Å². The zero-order valence-corrected chi connectivity index (χ0v) is 15.3. The first-order chi connectivity index (χ1) is 12.1. The Morgan fingerprint density at radius 1 is 1.08 bits per heavy atom. The second-order valence-electron chi connectivity index (χ2n) is 6.94. The molecule has 2 aromatic carbocycles. The molecule has 0 radical (unpaired) electrons. The smallest absolute Gasteiger partial charge is 0.246 e. The minimum absolute atomic E-state index is 0.0464. The van der Waals surface area contributed by atoms with E-state index in [0.717, 1.165) is 48.4 Å². The summed E-state index contributed by atoms with van der Waals surface area (Å²) in [4.78, 5) is 17.4. The molecule has 1 fully saturated rings. The van der Waals surface area contributed by atoms with Gasteiger partial charge in [0.2, 0.25) is 5.91 Å². The Kier molecular flexibility index (Phi) is 5.39. The number of hydrogen-bond acceptors (Lipinski definition) is 3. The molecule has 0 spiro atoms. The molecule has 1 unspecified atom stereocenters. The summed E-state index contributed by atoms with van der Waals surface area (Å²) in [5.41, 5.74) is 4.23. The molecule has 132 valence electrons. The van der Waals surface area contributed by atoms with Crippen LogP contribution in [0.3, 0.4) is 0 Å². The topological polar surface area (TPSA) is 35.6 Å². The van der Waals surface area contributed by atoms with Crippen molar-refractivity contribution in [2.45, 2.75) is 25.8 Å². The summed E-state index contributed by atoms with van der Waals surface area (Å²) < 4.78 is 0. The van der Waals surface area contributed by atoms with Gasteiger partial charge in [-0.15, -0.1) is 0 Å². The van der Waals surface area contributed by atoms with E-state index >= 15 is 0 Å². The van der Waals surface area contributed by atoms with Crippen molar-refractivity contribution in [1.29, 1.82) is 0 Å². The van der Waals surface area contributed by atoms with Gasteiger partial charge in [-0.25, -0.2) is 0 Å². The summed E-state index contributed by atoms with van der Waals surface area (Å²) in [6.45, 7) is 4.03. The van der Waals surface area contributed by atoms with E-state index < -0.39 is 0 Å². The van der Waals surface area contributed by atoms with Crippen LogP contribution in [0.4, 0.5) is 11.4 Å². The van der Waals surface area contributed by atoms with Crippen LogP contribution in [-0.4, -0.2) is 38.0 Å². The highest BCUT2D eigenvalue weighted by atomic mass is 16.2. The molecule has 2 aromatic rings. The molecule has 1 heterocycles. The van der Waals surface area contributed by atoms with Gasteiger partial charge in [0.1, 0.15) is 6.04 Å². The van der Waals surface area contributed by atoms with Crippen molar-refractivity contribution >= 4 is 17.3 Å². The van der Waals surface area contributed by atoms with Crippen LogP contribution in [-0.2, 0) is 4.79 Å². The Balaban J connectivity index is 1.82. The number of benzene rings is 2. The number of likely N-dealkylation sites (tertiary alicyclic amines) is 1. The number of carbonyl (C=O) groups is 1. The summed E-state index contributed by atoms with van der Waals surface area (Å²) in [6.07, 6.45) is 2.32. The average molecular weight is 337 g/mol. The van der Waals surface area contributed by atoms with Crippen molar-refractivity contribution in [3.8, 4) is 0 Å². The summed E-state index contributed by atoms with van der Waals surface area (Å²) in [6, 6.07) is 15.9. The normalized spacial score (nSPS) is 15.8. The number of amides is 1.